The zero-order valence-electron chi connectivity index (χ0n) is 19.3. The van der Waals surface area contributed by atoms with Crippen molar-refractivity contribution in [1.29, 1.82) is 0 Å². The van der Waals surface area contributed by atoms with Crippen molar-refractivity contribution in [3.05, 3.63) is 81.2 Å². The first-order valence-electron chi connectivity index (χ1n) is 11.0. The minimum atomic E-state index is -1.16. The molecule has 2 aromatic heterocycles. The minimum Gasteiger partial charge on any atom is -0.507 e. The van der Waals surface area contributed by atoms with Gasteiger partial charge in [-0.3, -0.25) is 10.1 Å². The van der Waals surface area contributed by atoms with Crippen LogP contribution in [0.1, 0.15) is 67.0 Å². The first kappa shape index (κ1) is 24.6. The van der Waals surface area contributed by atoms with Crippen LogP contribution < -0.4 is 10.9 Å². The molecule has 0 aliphatic rings. The van der Waals surface area contributed by atoms with Crippen molar-refractivity contribution in [1.82, 2.24) is 5.32 Å². The van der Waals surface area contributed by atoms with Crippen LogP contribution in [0, 0.1) is 0 Å². The predicted octanol–water partition coefficient (Wildman–Crippen LogP) is 5.61. The van der Waals surface area contributed by atoms with Crippen molar-refractivity contribution in [3.63, 3.8) is 0 Å². The molecule has 0 aliphatic heterocycles. The Bertz CT molecular complexity index is 1330. The molecular formula is C26H27NO7. The number of hydrogen-bond acceptors (Lipinski definition) is 6. The molecule has 0 fully saturated rings. The average Bonchev–Trinajstić information content (AvgIpc) is 3.19. The molecule has 3 aromatic rings. The number of aryl methyl sites for hydroxylation is 1. The van der Waals surface area contributed by atoms with Gasteiger partial charge in [0.1, 0.15) is 28.4 Å². The summed E-state index contributed by atoms with van der Waals surface area (Å²) in [4.78, 5) is 35.8. The topological polar surface area (TPSA) is 130 Å². The van der Waals surface area contributed by atoms with Gasteiger partial charge in [-0.25, -0.2) is 9.59 Å². The van der Waals surface area contributed by atoms with E-state index < -0.39 is 28.8 Å². The van der Waals surface area contributed by atoms with Gasteiger partial charge in [-0.2, -0.15) is 0 Å². The summed E-state index contributed by atoms with van der Waals surface area (Å²) in [6.45, 7) is 5.39. The molecule has 34 heavy (non-hydrogen) atoms. The second-order valence-corrected chi connectivity index (χ2v) is 8.06. The van der Waals surface area contributed by atoms with E-state index in [2.05, 4.69) is 12.2 Å². The quantitative estimate of drug-likeness (QED) is 0.277. The van der Waals surface area contributed by atoms with E-state index in [1.165, 1.54) is 18.3 Å². The maximum absolute atomic E-state index is 12.9. The lowest BCUT2D eigenvalue weighted by atomic mass is 10.00. The molecule has 178 valence electrons. The molecule has 1 unspecified atom stereocenters. The number of furan rings is 1. The first-order chi connectivity index (χ1) is 16.2. The van der Waals surface area contributed by atoms with Gasteiger partial charge in [0.15, 0.2) is 5.78 Å². The van der Waals surface area contributed by atoms with Crippen molar-refractivity contribution >= 4 is 28.9 Å². The smallest absolute Gasteiger partial charge is 0.408 e. The highest BCUT2D eigenvalue weighted by Crippen LogP contribution is 2.27. The molecule has 2 heterocycles. The Hall–Kier alpha value is -4.07. The first-order valence-corrected chi connectivity index (χ1v) is 11.0. The molecule has 0 saturated carbocycles. The van der Waals surface area contributed by atoms with E-state index in [0.29, 0.717) is 24.2 Å². The fraction of sp³-hybridized carbons (Fsp3) is 0.269. The maximum Gasteiger partial charge on any atom is 0.408 e. The summed E-state index contributed by atoms with van der Waals surface area (Å²) in [5.41, 5.74) is 0.712. The third-order valence-electron chi connectivity index (χ3n) is 5.48. The summed E-state index contributed by atoms with van der Waals surface area (Å²) in [7, 11) is 0. The molecule has 3 N–H and O–H groups in total. The molecule has 0 bridgehead atoms. The van der Waals surface area contributed by atoms with E-state index in [1.54, 1.807) is 26.0 Å². The molecule has 1 aromatic carbocycles. The van der Waals surface area contributed by atoms with Crippen molar-refractivity contribution in [3.8, 4) is 5.75 Å². The third kappa shape index (κ3) is 5.83. The SMILES string of the molecule is CCc1ccc2cc(/C=C(\C)C(=O)c3c(O)cc(C(C)CC/C=C/NC(=O)O)oc3=O)oc2c1. The standard InChI is InChI=1S/C26H27NO7/c1-4-17-8-9-18-13-19(33-22(18)12-17)11-16(3)24(29)23-20(28)14-21(34-25(23)30)15(2)7-5-6-10-27-26(31)32/h6,8-15,27-28H,4-5,7H2,1-3H3,(H,31,32)/b10-6+,16-11+. The number of carbonyl (C=O) groups is 2. The second-order valence-electron chi connectivity index (χ2n) is 8.06. The van der Waals surface area contributed by atoms with Crippen LogP contribution in [-0.2, 0) is 6.42 Å². The number of rotatable bonds is 9. The van der Waals surface area contributed by atoms with E-state index in [9.17, 15) is 19.5 Å². The number of benzene rings is 1. The van der Waals surface area contributed by atoms with Gasteiger partial charge in [0.2, 0.25) is 0 Å². The van der Waals surface area contributed by atoms with Crippen LogP contribution in [0.25, 0.3) is 17.0 Å². The van der Waals surface area contributed by atoms with Gasteiger partial charge < -0.3 is 19.0 Å². The molecular weight excluding hydrogens is 438 g/mol. The maximum atomic E-state index is 12.9. The summed E-state index contributed by atoms with van der Waals surface area (Å²) >= 11 is 0. The van der Waals surface area contributed by atoms with Crippen LogP contribution in [-0.4, -0.2) is 22.1 Å². The van der Waals surface area contributed by atoms with Crippen LogP contribution in [0.3, 0.4) is 0 Å². The van der Waals surface area contributed by atoms with Crippen molar-refractivity contribution in [2.24, 2.45) is 0 Å². The lowest BCUT2D eigenvalue weighted by Gasteiger charge is -2.11. The molecule has 1 atom stereocenters. The molecule has 0 radical (unpaired) electrons. The van der Waals surface area contributed by atoms with Crippen LogP contribution in [0.5, 0.6) is 5.75 Å². The number of nitrogens with one attached hydrogen (secondary N) is 1. The molecule has 1 amide bonds. The third-order valence-corrected chi connectivity index (χ3v) is 5.48. The monoisotopic (exact) mass is 465 g/mol. The van der Waals surface area contributed by atoms with Gasteiger partial charge in [-0.15, -0.1) is 0 Å². The van der Waals surface area contributed by atoms with Gasteiger partial charge >= 0.3 is 11.7 Å². The molecule has 0 saturated heterocycles. The van der Waals surface area contributed by atoms with E-state index in [0.717, 1.165) is 17.4 Å². The second kappa shape index (κ2) is 10.7. The predicted molar refractivity (Wildman–Crippen MR) is 128 cm³/mol. The number of hydrogen-bond donors (Lipinski definition) is 3. The summed E-state index contributed by atoms with van der Waals surface area (Å²) in [6, 6.07) is 8.99. The number of ketones is 1. The summed E-state index contributed by atoms with van der Waals surface area (Å²) < 4.78 is 11.1. The van der Waals surface area contributed by atoms with E-state index >= 15 is 0 Å². The normalized spacial score (nSPS) is 12.9. The Balaban J connectivity index is 1.77. The van der Waals surface area contributed by atoms with E-state index in [4.69, 9.17) is 13.9 Å². The fourth-order valence-corrected chi connectivity index (χ4v) is 3.52. The van der Waals surface area contributed by atoms with Crippen molar-refractivity contribution < 1.29 is 28.6 Å². The van der Waals surface area contributed by atoms with Crippen molar-refractivity contribution in [2.75, 3.05) is 0 Å². The lowest BCUT2D eigenvalue weighted by Crippen LogP contribution is -2.16. The van der Waals surface area contributed by atoms with Crippen LogP contribution >= 0.6 is 0 Å². The van der Waals surface area contributed by atoms with Crippen LogP contribution in [0.4, 0.5) is 4.79 Å². The number of carboxylic acid groups (broad SMARTS) is 1. The van der Waals surface area contributed by atoms with Gasteiger partial charge in [-0.1, -0.05) is 32.1 Å². The zero-order valence-corrected chi connectivity index (χ0v) is 19.3. The molecule has 8 heteroatoms. The van der Waals surface area contributed by atoms with Crippen molar-refractivity contribution in [2.45, 2.75) is 46.0 Å². The van der Waals surface area contributed by atoms with Gasteiger partial charge in [0.25, 0.3) is 0 Å². The van der Waals surface area contributed by atoms with Gasteiger partial charge in [0, 0.05) is 29.1 Å². The summed E-state index contributed by atoms with van der Waals surface area (Å²) in [5.74, 6) is -0.630. The Labute approximate surface area is 196 Å². The number of aromatic hydroxyl groups is 1. The highest BCUT2D eigenvalue weighted by Gasteiger charge is 2.22. The Morgan fingerprint density at radius 3 is 2.62 bits per heavy atom. The lowest BCUT2D eigenvalue weighted by molar-refractivity contribution is 0.102. The largest absolute Gasteiger partial charge is 0.507 e. The highest BCUT2D eigenvalue weighted by molar-refractivity contribution is 6.12. The van der Waals surface area contributed by atoms with Crippen LogP contribution in [0.2, 0.25) is 0 Å². The number of fused-ring (bicyclic) bond motifs is 1. The fourth-order valence-electron chi connectivity index (χ4n) is 3.52. The number of allylic oxidation sites excluding steroid dienone is 2. The molecule has 0 spiro atoms. The summed E-state index contributed by atoms with van der Waals surface area (Å²) in [5, 5.41) is 22.0. The minimum absolute atomic E-state index is 0.217. The number of carbonyl (C=O) groups excluding carboxylic acids is 1. The highest BCUT2D eigenvalue weighted by atomic mass is 16.4. The number of Topliss-reactive ketones (excluding diaryl/α,β-unsaturated/α-hetero) is 1. The van der Waals surface area contributed by atoms with Gasteiger partial charge in [-0.05, 0) is 50.0 Å². The Morgan fingerprint density at radius 1 is 1.18 bits per heavy atom. The zero-order chi connectivity index (χ0) is 24.8. The molecule has 0 aliphatic carbocycles. The molecule has 3 rings (SSSR count). The Morgan fingerprint density at radius 2 is 1.94 bits per heavy atom. The van der Waals surface area contributed by atoms with Crippen LogP contribution in [0.15, 0.2) is 61.8 Å². The van der Waals surface area contributed by atoms with E-state index in [-0.39, 0.29) is 17.3 Å². The van der Waals surface area contributed by atoms with Gasteiger partial charge in [0.05, 0.1) is 0 Å². The average molecular weight is 466 g/mol. The Kier molecular flexibility index (Phi) is 7.73. The number of amides is 1. The van der Waals surface area contributed by atoms with E-state index in [1.807, 2.05) is 18.2 Å². The summed E-state index contributed by atoms with van der Waals surface area (Å²) in [6.07, 6.45) is 5.25. The molecule has 8 nitrogen and oxygen atoms in total.